The van der Waals surface area contributed by atoms with Crippen LogP contribution in [0.4, 0.5) is 5.69 Å². The van der Waals surface area contributed by atoms with Crippen LogP contribution >= 0.6 is 27.5 Å². The average molecular weight is 582 g/mol. The second kappa shape index (κ2) is 10.9. The number of carboxylic acid groups (broad SMARTS) is 1. The van der Waals surface area contributed by atoms with Crippen LogP contribution in [0.15, 0.2) is 53.1 Å². The number of ether oxygens (including phenoxy) is 2. The minimum absolute atomic E-state index is 0.302. The molecule has 184 valence electrons. The average Bonchev–Trinajstić information content (AvgIpc) is 2.81. The third-order valence-corrected chi connectivity index (χ3v) is 7.23. The van der Waals surface area contributed by atoms with Crippen LogP contribution in [0.1, 0.15) is 35.6 Å². The van der Waals surface area contributed by atoms with Gasteiger partial charge in [-0.25, -0.2) is 14.0 Å². The number of halogens is 2. The van der Waals surface area contributed by atoms with E-state index in [1.54, 1.807) is 36.4 Å². The van der Waals surface area contributed by atoms with Gasteiger partial charge in [0.1, 0.15) is 11.5 Å². The van der Waals surface area contributed by atoms with E-state index in [1.165, 1.54) is 10.5 Å². The molecule has 0 bridgehead atoms. The van der Waals surface area contributed by atoms with Crippen molar-refractivity contribution in [3.63, 3.8) is 0 Å². The quantitative estimate of drug-likeness (QED) is 0.310. The van der Waals surface area contributed by atoms with Gasteiger partial charge in [0, 0.05) is 5.02 Å². The number of carboxylic acids is 1. The molecule has 0 radical (unpaired) electrons. The van der Waals surface area contributed by atoms with Crippen molar-refractivity contribution < 1.29 is 28.1 Å². The number of benzene rings is 2. The molecule has 2 atom stereocenters. The molecule has 11 heteroatoms. The first-order valence-corrected chi connectivity index (χ1v) is 12.9. The number of aryl methyl sites for hydroxylation is 1. The molecule has 8 nitrogen and oxygen atoms in total. The van der Waals surface area contributed by atoms with Crippen molar-refractivity contribution in [1.82, 2.24) is 4.98 Å². The summed E-state index contributed by atoms with van der Waals surface area (Å²) in [6.45, 7) is 1.41. The van der Waals surface area contributed by atoms with Gasteiger partial charge in [-0.1, -0.05) is 23.7 Å². The van der Waals surface area contributed by atoms with Crippen molar-refractivity contribution in [3.8, 4) is 17.4 Å². The number of rotatable bonds is 8. The maximum absolute atomic E-state index is 12.5. The molecule has 35 heavy (non-hydrogen) atoms. The summed E-state index contributed by atoms with van der Waals surface area (Å²) in [5, 5.41) is 9.57. The molecule has 2 aromatic carbocycles. The number of aliphatic carboxylic acids is 1. The Kier molecular flexibility index (Phi) is 7.95. The highest BCUT2D eigenvalue weighted by Gasteiger charge is 2.32. The summed E-state index contributed by atoms with van der Waals surface area (Å²) in [6.07, 6.45) is 3.53. The smallest absolute Gasteiger partial charge is 0.341 e. The van der Waals surface area contributed by atoms with E-state index in [9.17, 15) is 13.6 Å². The molecule has 0 saturated heterocycles. The Labute approximate surface area is 218 Å². The Hall–Kier alpha value is -2.66. The SMILES string of the molecule is Cc1cc(Cl)ccc1Oc1ncc(N(C2CCCc3c(OCC(=O)O)cccc32)S(=O)O)cc1Br. The van der Waals surface area contributed by atoms with Gasteiger partial charge in [0.05, 0.1) is 22.4 Å². The summed E-state index contributed by atoms with van der Waals surface area (Å²) in [6, 6.07) is 11.8. The molecule has 0 amide bonds. The largest absolute Gasteiger partial charge is 0.482 e. The minimum atomic E-state index is -2.35. The summed E-state index contributed by atoms with van der Waals surface area (Å²) >= 11 is 7.13. The molecule has 1 aliphatic rings. The fourth-order valence-electron chi connectivity index (χ4n) is 4.13. The molecule has 0 saturated carbocycles. The molecule has 0 fully saturated rings. The Bertz CT molecular complexity index is 1290. The lowest BCUT2D eigenvalue weighted by Crippen LogP contribution is -2.33. The number of hydrogen-bond donors (Lipinski definition) is 2. The minimum Gasteiger partial charge on any atom is -0.482 e. The maximum atomic E-state index is 12.5. The predicted octanol–water partition coefficient (Wildman–Crippen LogP) is 6.08. The van der Waals surface area contributed by atoms with Crippen LogP contribution in [0.2, 0.25) is 5.02 Å². The highest BCUT2D eigenvalue weighted by atomic mass is 79.9. The van der Waals surface area contributed by atoms with Gasteiger partial charge in [-0.05, 0) is 89.1 Å². The molecule has 1 aromatic heterocycles. The van der Waals surface area contributed by atoms with Crippen molar-refractivity contribution in [1.29, 1.82) is 0 Å². The van der Waals surface area contributed by atoms with Crippen molar-refractivity contribution in [2.75, 3.05) is 10.9 Å². The van der Waals surface area contributed by atoms with Crippen molar-refractivity contribution >= 4 is 50.5 Å². The van der Waals surface area contributed by atoms with Gasteiger partial charge in [0.2, 0.25) is 5.88 Å². The van der Waals surface area contributed by atoms with Crippen molar-refractivity contribution in [3.05, 3.63) is 74.8 Å². The molecule has 4 rings (SSSR count). The van der Waals surface area contributed by atoms with E-state index < -0.39 is 29.9 Å². The van der Waals surface area contributed by atoms with E-state index in [0.717, 1.165) is 23.1 Å². The third kappa shape index (κ3) is 5.78. The zero-order valence-corrected chi connectivity index (χ0v) is 21.8. The lowest BCUT2D eigenvalue weighted by atomic mass is 9.87. The van der Waals surface area contributed by atoms with Crippen LogP contribution in [-0.4, -0.2) is 31.4 Å². The van der Waals surface area contributed by atoms with E-state index >= 15 is 0 Å². The lowest BCUT2D eigenvalue weighted by molar-refractivity contribution is -0.139. The van der Waals surface area contributed by atoms with Crippen LogP contribution in [0.3, 0.4) is 0 Å². The Morgan fingerprint density at radius 1 is 1.29 bits per heavy atom. The van der Waals surface area contributed by atoms with E-state index in [2.05, 4.69) is 20.9 Å². The van der Waals surface area contributed by atoms with Crippen molar-refractivity contribution in [2.45, 2.75) is 32.2 Å². The molecule has 0 aliphatic heterocycles. The number of anilines is 1. The van der Waals surface area contributed by atoms with Gasteiger partial charge in [0.15, 0.2) is 6.61 Å². The second-order valence-electron chi connectivity index (χ2n) is 7.96. The topological polar surface area (TPSA) is 109 Å². The number of pyridine rings is 1. The summed E-state index contributed by atoms with van der Waals surface area (Å²) in [4.78, 5) is 15.3. The standard InChI is InChI=1S/C24H22BrClN2O6S/c1-14-10-15(26)8-9-21(14)34-24-19(25)11-16(12-27-24)28(35(31)32)20-6-2-5-18-17(20)4-3-7-22(18)33-13-23(29)30/h3-4,7-12,20H,2,5-6,13H2,1H3,(H,29,30)(H,31,32). The van der Waals surface area contributed by atoms with Gasteiger partial charge >= 0.3 is 5.97 Å². The predicted molar refractivity (Wildman–Crippen MR) is 137 cm³/mol. The maximum Gasteiger partial charge on any atom is 0.341 e. The van der Waals surface area contributed by atoms with Gasteiger partial charge in [-0.15, -0.1) is 0 Å². The second-order valence-corrected chi connectivity index (χ2v) is 10.1. The molecule has 3 aromatic rings. The number of aromatic nitrogens is 1. The Balaban J connectivity index is 1.65. The monoisotopic (exact) mass is 580 g/mol. The number of nitrogens with zero attached hydrogens (tertiary/aromatic N) is 2. The molecule has 1 aliphatic carbocycles. The molecule has 1 heterocycles. The highest BCUT2D eigenvalue weighted by molar-refractivity contribution is 9.10. The van der Waals surface area contributed by atoms with Crippen LogP contribution in [0.5, 0.6) is 17.4 Å². The van der Waals surface area contributed by atoms with E-state index in [4.69, 9.17) is 26.2 Å². The zero-order valence-electron chi connectivity index (χ0n) is 18.6. The van der Waals surface area contributed by atoms with E-state index in [-0.39, 0.29) is 0 Å². The fraction of sp³-hybridized carbons (Fsp3) is 0.250. The first kappa shape index (κ1) is 25.4. The normalized spacial score (nSPS) is 15.7. The number of fused-ring (bicyclic) bond motifs is 1. The van der Waals surface area contributed by atoms with Crippen LogP contribution in [0.25, 0.3) is 0 Å². The number of hydrogen-bond acceptors (Lipinski definition) is 5. The molecular formula is C24H22BrClN2O6S. The lowest BCUT2D eigenvalue weighted by Gasteiger charge is -2.35. The first-order valence-electron chi connectivity index (χ1n) is 10.7. The molecule has 2 unspecified atom stereocenters. The first-order chi connectivity index (χ1) is 16.7. The van der Waals surface area contributed by atoms with Gasteiger partial charge < -0.3 is 14.6 Å². The van der Waals surface area contributed by atoms with Crippen molar-refractivity contribution in [2.24, 2.45) is 0 Å². The van der Waals surface area contributed by atoms with E-state index in [0.29, 0.717) is 45.4 Å². The zero-order chi connectivity index (χ0) is 25.1. The summed E-state index contributed by atoms with van der Waals surface area (Å²) in [7, 11) is 0. The summed E-state index contributed by atoms with van der Waals surface area (Å²) in [5.41, 5.74) is 2.92. The fourth-order valence-corrected chi connectivity index (χ4v) is 5.49. The van der Waals surface area contributed by atoms with Gasteiger partial charge in [-0.2, -0.15) is 0 Å². The summed E-state index contributed by atoms with van der Waals surface area (Å²) < 4.78 is 36.0. The highest BCUT2D eigenvalue weighted by Crippen LogP contribution is 2.42. The Morgan fingerprint density at radius 2 is 2.09 bits per heavy atom. The van der Waals surface area contributed by atoms with Crippen LogP contribution in [-0.2, 0) is 22.5 Å². The molecule has 0 spiro atoms. The van der Waals surface area contributed by atoms with E-state index in [1.807, 2.05) is 13.0 Å². The third-order valence-electron chi connectivity index (χ3n) is 5.63. The van der Waals surface area contributed by atoms with Gasteiger partial charge in [0.25, 0.3) is 11.3 Å². The molecule has 2 N–H and O–H groups in total. The van der Waals surface area contributed by atoms with Crippen LogP contribution < -0.4 is 13.8 Å². The van der Waals surface area contributed by atoms with Gasteiger partial charge in [-0.3, -0.25) is 8.86 Å². The Morgan fingerprint density at radius 3 is 2.77 bits per heavy atom. The number of carbonyl (C=O) groups is 1. The summed E-state index contributed by atoms with van der Waals surface area (Å²) in [5.74, 6) is 0.295. The van der Waals surface area contributed by atoms with Crippen LogP contribution in [0, 0.1) is 6.92 Å². The molecular weight excluding hydrogens is 560 g/mol.